The summed E-state index contributed by atoms with van der Waals surface area (Å²) < 4.78 is 0. The smallest absolute Gasteiger partial charge is 0.0942 e. The first kappa shape index (κ1) is 34.0. The molecule has 39 heavy (non-hydrogen) atoms. The number of allylic oxidation sites excluding steroid dienone is 4. The normalized spacial score (nSPS) is 13.5. The molecule has 3 heteroatoms. The molecule has 4 aromatic carbocycles. The molecule has 0 heterocycles. The number of rotatable bonds is 5. The average molecular weight is 557 g/mol. The molecule has 2 unspecified atom stereocenters. The Hall–Kier alpha value is -3.07. The van der Waals surface area contributed by atoms with Gasteiger partial charge < -0.3 is 10.2 Å². The van der Waals surface area contributed by atoms with Crippen LogP contribution in [-0.4, -0.2) is 10.2 Å². The zero-order chi connectivity index (χ0) is 28.0. The quantitative estimate of drug-likeness (QED) is 0.146. The fourth-order valence-electron chi connectivity index (χ4n) is 3.65. The number of hydrogen-bond acceptors (Lipinski definition) is 2. The van der Waals surface area contributed by atoms with E-state index >= 15 is 0 Å². The SMILES string of the molecule is CC(C)(C)C(O)=CC(c1ccccc1)C(C=C(O)C(C)(C)C)c1ccccc1.[Ti].c1cc[cH-]c1.c1cc[cH-]c1. The Labute approximate surface area is 251 Å². The van der Waals surface area contributed by atoms with Crippen LogP contribution in [0.2, 0.25) is 0 Å². The Kier molecular flexibility index (Phi) is 14.6. The van der Waals surface area contributed by atoms with Crippen molar-refractivity contribution in [2.75, 3.05) is 0 Å². The minimum atomic E-state index is -0.343. The molecule has 2 nitrogen and oxygen atoms in total. The van der Waals surface area contributed by atoms with E-state index in [4.69, 9.17) is 0 Å². The van der Waals surface area contributed by atoms with Crippen molar-refractivity contribution in [3.8, 4) is 0 Å². The van der Waals surface area contributed by atoms with Crippen LogP contribution in [0.3, 0.4) is 0 Å². The van der Waals surface area contributed by atoms with Crippen molar-refractivity contribution in [2.45, 2.75) is 53.4 Å². The minimum Gasteiger partial charge on any atom is -0.512 e. The van der Waals surface area contributed by atoms with E-state index < -0.39 is 0 Å². The minimum absolute atomic E-state index is 0. The van der Waals surface area contributed by atoms with Crippen molar-refractivity contribution in [3.63, 3.8) is 0 Å². The number of aliphatic hydroxyl groups is 2. The summed E-state index contributed by atoms with van der Waals surface area (Å²) in [5.41, 5.74) is 1.52. The van der Waals surface area contributed by atoms with Crippen molar-refractivity contribution < 1.29 is 31.9 Å². The molecule has 0 aromatic heterocycles. The molecule has 0 fully saturated rings. The fourth-order valence-corrected chi connectivity index (χ4v) is 3.65. The summed E-state index contributed by atoms with van der Waals surface area (Å²) >= 11 is 0. The van der Waals surface area contributed by atoms with Crippen LogP contribution in [0.15, 0.2) is 145 Å². The van der Waals surface area contributed by atoms with E-state index in [0.717, 1.165) is 11.1 Å². The van der Waals surface area contributed by atoms with Crippen LogP contribution in [0.5, 0.6) is 0 Å². The maximum Gasteiger partial charge on any atom is 0.0942 e. The van der Waals surface area contributed by atoms with Gasteiger partial charge in [-0.05, 0) is 23.3 Å². The molecule has 2 atom stereocenters. The summed E-state index contributed by atoms with van der Waals surface area (Å²) in [4.78, 5) is 0. The van der Waals surface area contributed by atoms with Crippen LogP contribution < -0.4 is 0 Å². The van der Waals surface area contributed by atoms with Crippen LogP contribution in [0, 0.1) is 10.8 Å². The predicted molar refractivity (Wildman–Crippen MR) is 163 cm³/mol. The van der Waals surface area contributed by atoms with Gasteiger partial charge in [0.25, 0.3) is 0 Å². The molecular weight excluding hydrogens is 512 g/mol. The average Bonchev–Trinajstić information content (AvgIpc) is 3.65. The van der Waals surface area contributed by atoms with Gasteiger partial charge in [0.15, 0.2) is 0 Å². The largest absolute Gasteiger partial charge is 0.512 e. The van der Waals surface area contributed by atoms with Gasteiger partial charge in [-0.25, -0.2) is 24.3 Å². The van der Waals surface area contributed by atoms with Gasteiger partial charge >= 0.3 is 0 Å². The first-order valence-corrected chi connectivity index (χ1v) is 13.3. The van der Waals surface area contributed by atoms with Crippen LogP contribution in [0.25, 0.3) is 0 Å². The van der Waals surface area contributed by atoms with E-state index in [1.165, 1.54) is 0 Å². The monoisotopic (exact) mass is 556 g/mol. The molecule has 2 N–H and O–H groups in total. The van der Waals surface area contributed by atoms with Crippen molar-refractivity contribution in [3.05, 3.63) is 156 Å². The van der Waals surface area contributed by atoms with Crippen molar-refractivity contribution in [1.82, 2.24) is 0 Å². The topological polar surface area (TPSA) is 40.5 Å². The Morgan fingerprint density at radius 1 is 0.538 bits per heavy atom. The Bertz CT molecular complexity index is 1040. The number of hydrogen-bond donors (Lipinski definition) is 2. The Balaban J connectivity index is 0.000000571. The van der Waals surface area contributed by atoms with Crippen LogP contribution in [-0.2, 0) is 21.7 Å². The van der Waals surface area contributed by atoms with Gasteiger partial charge in [0, 0.05) is 44.4 Å². The summed E-state index contributed by atoms with van der Waals surface area (Å²) in [5, 5.41) is 21.6. The first-order valence-electron chi connectivity index (χ1n) is 13.3. The molecule has 0 bridgehead atoms. The van der Waals surface area contributed by atoms with Gasteiger partial charge in [-0.2, -0.15) is 36.4 Å². The van der Waals surface area contributed by atoms with E-state index in [9.17, 15) is 10.2 Å². The molecule has 0 spiro atoms. The molecular formula is C36H44O2Ti-2. The second kappa shape index (κ2) is 16.8. The summed E-state index contributed by atoms with van der Waals surface area (Å²) in [6, 6.07) is 40.4. The van der Waals surface area contributed by atoms with Crippen molar-refractivity contribution in [1.29, 1.82) is 0 Å². The molecule has 0 radical (unpaired) electrons. The number of aliphatic hydroxyl groups excluding tert-OH is 2. The van der Waals surface area contributed by atoms with E-state index in [1.54, 1.807) is 0 Å². The molecule has 0 aliphatic heterocycles. The van der Waals surface area contributed by atoms with Crippen molar-refractivity contribution in [2.24, 2.45) is 10.8 Å². The summed E-state index contributed by atoms with van der Waals surface area (Å²) in [6.45, 7) is 12.0. The second-order valence-corrected chi connectivity index (χ2v) is 11.4. The van der Waals surface area contributed by atoms with E-state index in [0.29, 0.717) is 11.5 Å². The van der Waals surface area contributed by atoms with Gasteiger partial charge in [0.05, 0.1) is 11.5 Å². The summed E-state index contributed by atoms with van der Waals surface area (Å²) in [6.07, 6.45) is 3.89. The summed E-state index contributed by atoms with van der Waals surface area (Å²) in [7, 11) is 0. The van der Waals surface area contributed by atoms with Gasteiger partial charge in [-0.3, -0.25) is 0 Å². The van der Waals surface area contributed by atoms with Crippen LogP contribution in [0.1, 0.15) is 64.5 Å². The third-order valence-electron chi connectivity index (χ3n) is 6.08. The zero-order valence-electron chi connectivity index (χ0n) is 24.3. The third-order valence-corrected chi connectivity index (χ3v) is 6.08. The fraction of sp³-hybridized carbons (Fsp3) is 0.278. The predicted octanol–water partition coefficient (Wildman–Crippen LogP) is 10.3. The summed E-state index contributed by atoms with van der Waals surface area (Å²) in [5.74, 6) is 0.497. The molecule has 0 amide bonds. The molecule has 0 saturated heterocycles. The van der Waals surface area contributed by atoms with Crippen molar-refractivity contribution >= 4 is 0 Å². The maximum absolute atomic E-state index is 10.8. The Morgan fingerprint density at radius 2 is 0.821 bits per heavy atom. The van der Waals surface area contributed by atoms with E-state index in [2.05, 4.69) is 24.3 Å². The van der Waals surface area contributed by atoms with E-state index in [-0.39, 0.29) is 44.4 Å². The first-order chi connectivity index (χ1) is 18.0. The van der Waals surface area contributed by atoms with Gasteiger partial charge in [-0.1, -0.05) is 102 Å². The van der Waals surface area contributed by atoms with Gasteiger partial charge in [0.2, 0.25) is 0 Å². The molecule has 0 saturated carbocycles. The van der Waals surface area contributed by atoms with Crippen LogP contribution in [0.4, 0.5) is 0 Å². The Morgan fingerprint density at radius 3 is 1.03 bits per heavy atom. The van der Waals surface area contributed by atoms with E-state index in [1.807, 2.05) is 151 Å². The molecule has 0 aliphatic carbocycles. The zero-order valence-corrected chi connectivity index (χ0v) is 25.8. The molecule has 206 valence electrons. The van der Waals surface area contributed by atoms with Crippen LogP contribution >= 0.6 is 0 Å². The standard InChI is InChI=1S/C26H34O2.2C5H5.Ti/c1-25(2,3)23(27)17-21(19-13-9-7-10-14-19)22(18-24(28)26(4,5)6)20-15-11-8-12-16-20;2*1-2-4-5-3-1;/h7-18,21-22,27-28H,1-6H3;2*1-5H;/q;2*-1;. The third kappa shape index (κ3) is 12.6. The second-order valence-electron chi connectivity index (χ2n) is 11.4. The van der Waals surface area contributed by atoms with Gasteiger partial charge in [-0.15, -0.1) is 0 Å². The van der Waals surface area contributed by atoms with Gasteiger partial charge in [0.1, 0.15) is 0 Å². The number of benzene rings is 2. The maximum atomic E-state index is 10.8. The molecule has 4 rings (SSSR count). The molecule has 0 aliphatic rings. The molecule has 4 aromatic rings.